The molecule has 0 saturated carbocycles. The Morgan fingerprint density at radius 3 is 2.67 bits per heavy atom. The molecule has 2 rings (SSSR count). The molecule has 0 bridgehead atoms. The lowest BCUT2D eigenvalue weighted by Crippen LogP contribution is -2.29. The maximum Gasteiger partial charge on any atom is 0.162 e. The van der Waals surface area contributed by atoms with Crippen LogP contribution in [0.5, 0.6) is 5.75 Å². The second kappa shape index (κ2) is 6.98. The van der Waals surface area contributed by atoms with Gasteiger partial charge in [-0.25, -0.2) is 8.78 Å². The third-order valence-electron chi connectivity index (χ3n) is 3.24. The van der Waals surface area contributed by atoms with Gasteiger partial charge in [0.2, 0.25) is 0 Å². The molecule has 1 unspecified atom stereocenters. The van der Waals surface area contributed by atoms with Gasteiger partial charge in [0.25, 0.3) is 0 Å². The summed E-state index contributed by atoms with van der Waals surface area (Å²) in [6.07, 6.45) is 0.235. The molecule has 0 aromatic heterocycles. The minimum absolute atomic E-state index is 0.235. The summed E-state index contributed by atoms with van der Waals surface area (Å²) in [4.78, 5) is 0. The monoisotopic (exact) mass is 356 g/mol. The molecule has 0 spiro atoms. The van der Waals surface area contributed by atoms with Gasteiger partial charge in [-0.3, -0.25) is 11.3 Å². The second-order valence-electron chi connectivity index (χ2n) is 4.53. The Labute approximate surface area is 130 Å². The van der Waals surface area contributed by atoms with Gasteiger partial charge in [-0.05, 0) is 51.7 Å². The van der Waals surface area contributed by atoms with E-state index in [2.05, 4.69) is 21.4 Å². The van der Waals surface area contributed by atoms with E-state index < -0.39 is 11.6 Å². The van der Waals surface area contributed by atoms with Crippen LogP contribution in [-0.4, -0.2) is 7.11 Å². The van der Waals surface area contributed by atoms with E-state index in [0.717, 1.165) is 16.1 Å². The van der Waals surface area contributed by atoms with Crippen molar-refractivity contribution in [2.75, 3.05) is 7.11 Å². The summed E-state index contributed by atoms with van der Waals surface area (Å²) in [5.74, 6) is 4.53. The molecule has 0 aliphatic heterocycles. The number of rotatable bonds is 5. The summed E-state index contributed by atoms with van der Waals surface area (Å²) < 4.78 is 32.9. The van der Waals surface area contributed by atoms with Crippen molar-refractivity contribution in [1.29, 1.82) is 0 Å². The molecule has 21 heavy (non-hydrogen) atoms. The van der Waals surface area contributed by atoms with Crippen LogP contribution in [0.4, 0.5) is 8.78 Å². The number of halogens is 3. The SMILES string of the molecule is COc1ccc(C(Cc2cccc(F)c2F)NN)cc1Br. The Morgan fingerprint density at radius 2 is 2.05 bits per heavy atom. The molecule has 0 aliphatic carbocycles. The van der Waals surface area contributed by atoms with Crippen molar-refractivity contribution in [3.05, 3.63) is 63.6 Å². The molecule has 112 valence electrons. The van der Waals surface area contributed by atoms with E-state index in [1.54, 1.807) is 19.2 Å². The molecule has 2 aromatic carbocycles. The van der Waals surface area contributed by atoms with E-state index in [-0.39, 0.29) is 18.0 Å². The number of hydrogen-bond acceptors (Lipinski definition) is 3. The largest absolute Gasteiger partial charge is 0.496 e. The van der Waals surface area contributed by atoms with Crippen LogP contribution < -0.4 is 16.0 Å². The van der Waals surface area contributed by atoms with E-state index in [4.69, 9.17) is 10.6 Å². The first-order chi connectivity index (χ1) is 10.1. The normalized spacial score (nSPS) is 12.2. The zero-order valence-corrected chi connectivity index (χ0v) is 13.0. The van der Waals surface area contributed by atoms with Crippen molar-refractivity contribution in [2.24, 2.45) is 5.84 Å². The number of ether oxygens (including phenoxy) is 1. The van der Waals surface area contributed by atoms with Crippen molar-refractivity contribution in [3.63, 3.8) is 0 Å². The smallest absolute Gasteiger partial charge is 0.162 e. The third kappa shape index (κ3) is 3.58. The van der Waals surface area contributed by atoms with Gasteiger partial charge in [-0.1, -0.05) is 18.2 Å². The molecule has 6 heteroatoms. The van der Waals surface area contributed by atoms with Gasteiger partial charge in [-0.15, -0.1) is 0 Å². The van der Waals surface area contributed by atoms with Gasteiger partial charge in [0.05, 0.1) is 17.6 Å². The fourth-order valence-electron chi connectivity index (χ4n) is 2.10. The minimum atomic E-state index is -0.862. The van der Waals surface area contributed by atoms with Crippen LogP contribution in [-0.2, 0) is 6.42 Å². The highest BCUT2D eigenvalue weighted by Crippen LogP contribution is 2.29. The van der Waals surface area contributed by atoms with Gasteiger partial charge >= 0.3 is 0 Å². The fourth-order valence-corrected chi connectivity index (χ4v) is 2.66. The lowest BCUT2D eigenvalue weighted by atomic mass is 9.99. The van der Waals surface area contributed by atoms with Crippen LogP contribution in [0, 0.1) is 11.6 Å². The maximum absolute atomic E-state index is 13.7. The predicted octanol–water partition coefficient (Wildman–Crippen LogP) is 3.48. The van der Waals surface area contributed by atoms with E-state index in [0.29, 0.717) is 5.75 Å². The van der Waals surface area contributed by atoms with Crippen LogP contribution in [0.3, 0.4) is 0 Å². The number of hydrogen-bond donors (Lipinski definition) is 2. The molecule has 3 N–H and O–H groups in total. The van der Waals surface area contributed by atoms with E-state index in [9.17, 15) is 8.78 Å². The number of nitrogens with one attached hydrogen (secondary N) is 1. The molecule has 2 aromatic rings. The second-order valence-corrected chi connectivity index (χ2v) is 5.38. The fraction of sp³-hybridized carbons (Fsp3) is 0.200. The molecule has 0 saturated heterocycles. The van der Waals surface area contributed by atoms with E-state index in [1.807, 2.05) is 12.1 Å². The Balaban J connectivity index is 2.28. The number of methoxy groups -OCH3 is 1. The summed E-state index contributed by atoms with van der Waals surface area (Å²) >= 11 is 3.39. The lowest BCUT2D eigenvalue weighted by molar-refractivity contribution is 0.411. The predicted molar refractivity (Wildman–Crippen MR) is 80.8 cm³/mol. The van der Waals surface area contributed by atoms with Crippen molar-refractivity contribution in [3.8, 4) is 5.75 Å². The van der Waals surface area contributed by atoms with E-state index >= 15 is 0 Å². The lowest BCUT2D eigenvalue weighted by Gasteiger charge is -2.18. The minimum Gasteiger partial charge on any atom is -0.496 e. The van der Waals surface area contributed by atoms with Gasteiger partial charge < -0.3 is 4.74 Å². The van der Waals surface area contributed by atoms with E-state index in [1.165, 1.54) is 6.07 Å². The van der Waals surface area contributed by atoms with Crippen LogP contribution in [0.15, 0.2) is 40.9 Å². The highest BCUT2D eigenvalue weighted by Gasteiger charge is 2.16. The summed E-state index contributed by atoms with van der Waals surface area (Å²) in [6.45, 7) is 0. The van der Waals surface area contributed by atoms with Crippen LogP contribution in [0.2, 0.25) is 0 Å². The Bertz CT molecular complexity index is 637. The highest BCUT2D eigenvalue weighted by molar-refractivity contribution is 9.10. The molecule has 0 aliphatic rings. The average molecular weight is 357 g/mol. The quantitative estimate of drug-likeness (QED) is 0.636. The average Bonchev–Trinajstić information content (AvgIpc) is 2.48. The van der Waals surface area contributed by atoms with Gasteiger partial charge in [0, 0.05) is 0 Å². The first-order valence-corrected chi connectivity index (χ1v) is 7.08. The number of nitrogens with two attached hydrogens (primary N) is 1. The number of benzene rings is 2. The zero-order valence-electron chi connectivity index (χ0n) is 11.4. The van der Waals surface area contributed by atoms with Crippen molar-refractivity contribution < 1.29 is 13.5 Å². The Kier molecular flexibility index (Phi) is 5.27. The van der Waals surface area contributed by atoms with Crippen molar-refractivity contribution in [1.82, 2.24) is 5.43 Å². The van der Waals surface area contributed by atoms with Gasteiger partial charge in [0.15, 0.2) is 11.6 Å². The van der Waals surface area contributed by atoms with Gasteiger partial charge in [0.1, 0.15) is 5.75 Å². The Morgan fingerprint density at radius 1 is 1.29 bits per heavy atom. The molecule has 0 fully saturated rings. The van der Waals surface area contributed by atoms with Crippen molar-refractivity contribution in [2.45, 2.75) is 12.5 Å². The first-order valence-electron chi connectivity index (χ1n) is 6.29. The summed E-state index contributed by atoms with van der Waals surface area (Å²) in [6, 6.07) is 9.21. The topological polar surface area (TPSA) is 47.3 Å². The number of hydrazine groups is 1. The highest BCUT2D eigenvalue weighted by atomic mass is 79.9. The standard InChI is InChI=1S/C15H15BrF2N2O/c1-21-14-6-5-9(7-11(14)16)13(20-19)8-10-3-2-4-12(17)15(10)18/h2-7,13,20H,8,19H2,1H3. The summed E-state index contributed by atoms with van der Waals surface area (Å²) in [5.41, 5.74) is 3.74. The zero-order chi connectivity index (χ0) is 15.4. The van der Waals surface area contributed by atoms with Crippen LogP contribution in [0.1, 0.15) is 17.2 Å². The maximum atomic E-state index is 13.7. The van der Waals surface area contributed by atoms with Gasteiger partial charge in [-0.2, -0.15) is 0 Å². The van der Waals surface area contributed by atoms with Crippen molar-refractivity contribution >= 4 is 15.9 Å². The molecular formula is C15H15BrF2N2O. The first kappa shape index (κ1) is 15.9. The van der Waals surface area contributed by atoms with Crippen LogP contribution in [0.25, 0.3) is 0 Å². The molecule has 0 heterocycles. The summed E-state index contributed by atoms with van der Waals surface area (Å²) in [5, 5.41) is 0. The Hall–Kier alpha value is -1.50. The third-order valence-corrected chi connectivity index (χ3v) is 3.85. The summed E-state index contributed by atoms with van der Waals surface area (Å²) in [7, 11) is 1.57. The molecule has 1 atom stereocenters. The van der Waals surface area contributed by atoms with Crippen LogP contribution >= 0.6 is 15.9 Å². The molecule has 3 nitrogen and oxygen atoms in total. The molecule has 0 radical (unpaired) electrons. The molecule has 0 amide bonds. The molecular weight excluding hydrogens is 342 g/mol.